The molecule has 0 aliphatic carbocycles. The molecule has 2 heterocycles. The maximum atomic E-state index is 12.5. The molecule has 2 aromatic heterocycles. The summed E-state index contributed by atoms with van der Waals surface area (Å²) in [7, 11) is 0. The summed E-state index contributed by atoms with van der Waals surface area (Å²) in [6.07, 6.45) is 1.81. The molecular formula is C19H24N4O. The molecule has 3 rings (SSSR count). The molecule has 0 saturated heterocycles. The van der Waals surface area contributed by atoms with Gasteiger partial charge >= 0.3 is 0 Å². The van der Waals surface area contributed by atoms with Crippen LogP contribution in [0.25, 0.3) is 10.9 Å². The lowest BCUT2D eigenvalue weighted by atomic mass is 10.1. The number of rotatable bonds is 5. The zero-order chi connectivity index (χ0) is 17.3. The van der Waals surface area contributed by atoms with Crippen LogP contribution in [0.1, 0.15) is 45.0 Å². The second kappa shape index (κ2) is 6.51. The molecule has 3 aromatic rings. The third-order valence-electron chi connectivity index (χ3n) is 4.76. The standard InChI is InChI=1S/C19H24N4O/c1-11-12(2)21-18-15(11)7-5-8-17(18)19(24)20-10-6-9-16-13(3)22-23-14(16)4/h5,7-8,21H,6,9-10H2,1-4H3,(H,20,24)(H,22,23). The molecule has 0 radical (unpaired) electrons. The van der Waals surface area contributed by atoms with Gasteiger partial charge in [0.05, 0.1) is 16.8 Å². The van der Waals surface area contributed by atoms with Gasteiger partial charge in [-0.1, -0.05) is 12.1 Å². The van der Waals surface area contributed by atoms with Gasteiger partial charge in [0.1, 0.15) is 0 Å². The highest BCUT2D eigenvalue weighted by Crippen LogP contribution is 2.24. The Labute approximate surface area is 141 Å². The van der Waals surface area contributed by atoms with Crippen molar-refractivity contribution in [3.8, 4) is 0 Å². The van der Waals surface area contributed by atoms with Crippen LogP contribution < -0.4 is 5.32 Å². The minimum absolute atomic E-state index is 0.0255. The van der Waals surface area contributed by atoms with Crippen LogP contribution in [0.15, 0.2) is 18.2 Å². The summed E-state index contributed by atoms with van der Waals surface area (Å²) < 4.78 is 0. The molecule has 0 spiro atoms. The summed E-state index contributed by atoms with van der Waals surface area (Å²) in [5.41, 5.74) is 7.34. The number of nitrogens with one attached hydrogen (secondary N) is 3. The molecule has 1 aromatic carbocycles. The van der Waals surface area contributed by atoms with E-state index in [4.69, 9.17) is 0 Å². The van der Waals surface area contributed by atoms with Gasteiger partial charge in [-0.15, -0.1) is 0 Å². The third-order valence-corrected chi connectivity index (χ3v) is 4.76. The topological polar surface area (TPSA) is 73.6 Å². The van der Waals surface area contributed by atoms with Crippen molar-refractivity contribution in [2.75, 3.05) is 6.54 Å². The van der Waals surface area contributed by atoms with Crippen LogP contribution in [0, 0.1) is 27.7 Å². The zero-order valence-corrected chi connectivity index (χ0v) is 14.7. The van der Waals surface area contributed by atoms with Crippen molar-refractivity contribution < 1.29 is 4.79 Å². The monoisotopic (exact) mass is 324 g/mol. The van der Waals surface area contributed by atoms with E-state index in [0.29, 0.717) is 12.1 Å². The van der Waals surface area contributed by atoms with Gasteiger partial charge in [0, 0.05) is 23.3 Å². The largest absolute Gasteiger partial charge is 0.358 e. The predicted octanol–water partition coefficient (Wildman–Crippen LogP) is 3.49. The van der Waals surface area contributed by atoms with Gasteiger partial charge in [0.25, 0.3) is 5.91 Å². The molecule has 24 heavy (non-hydrogen) atoms. The Kier molecular flexibility index (Phi) is 4.42. The van der Waals surface area contributed by atoms with Crippen LogP contribution in [0.2, 0.25) is 0 Å². The third kappa shape index (κ3) is 2.94. The van der Waals surface area contributed by atoms with Gasteiger partial charge in [-0.3, -0.25) is 9.89 Å². The van der Waals surface area contributed by atoms with E-state index in [1.165, 1.54) is 11.1 Å². The number of fused-ring (bicyclic) bond motifs is 1. The Hall–Kier alpha value is -2.56. The van der Waals surface area contributed by atoms with E-state index in [-0.39, 0.29) is 5.91 Å². The molecule has 0 atom stereocenters. The fraction of sp³-hybridized carbons (Fsp3) is 0.368. The number of benzene rings is 1. The Morgan fingerprint density at radius 1 is 1.17 bits per heavy atom. The van der Waals surface area contributed by atoms with Crippen molar-refractivity contribution in [3.63, 3.8) is 0 Å². The summed E-state index contributed by atoms with van der Waals surface area (Å²) in [6, 6.07) is 5.86. The number of carbonyl (C=O) groups excluding carboxylic acids is 1. The molecule has 0 aliphatic heterocycles. The fourth-order valence-electron chi connectivity index (χ4n) is 3.18. The summed E-state index contributed by atoms with van der Waals surface area (Å²) in [5, 5.41) is 11.4. The first-order valence-electron chi connectivity index (χ1n) is 8.35. The first kappa shape index (κ1) is 16.3. The number of nitrogens with zero attached hydrogens (tertiary/aromatic N) is 1. The number of hydrogen-bond donors (Lipinski definition) is 3. The van der Waals surface area contributed by atoms with Crippen LogP contribution >= 0.6 is 0 Å². The van der Waals surface area contributed by atoms with Gasteiger partial charge in [0.2, 0.25) is 0 Å². The summed E-state index contributed by atoms with van der Waals surface area (Å²) in [6.45, 7) is 8.80. The van der Waals surface area contributed by atoms with Crippen LogP contribution in [0.3, 0.4) is 0 Å². The predicted molar refractivity (Wildman–Crippen MR) is 96.5 cm³/mol. The van der Waals surface area contributed by atoms with E-state index in [2.05, 4.69) is 33.5 Å². The number of hydrogen-bond acceptors (Lipinski definition) is 2. The normalized spacial score (nSPS) is 11.2. The zero-order valence-electron chi connectivity index (χ0n) is 14.7. The summed E-state index contributed by atoms with van der Waals surface area (Å²) in [5.74, 6) is -0.0255. The molecule has 5 heteroatoms. The molecule has 1 amide bonds. The highest BCUT2D eigenvalue weighted by atomic mass is 16.1. The maximum Gasteiger partial charge on any atom is 0.253 e. The summed E-state index contributed by atoms with van der Waals surface area (Å²) in [4.78, 5) is 15.9. The van der Waals surface area contributed by atoms with Crippen LogP contribution in [-0.2, 0) is 6.42 Å². The lowest BCUT2D eigenvalue weighted by Crippen LogP contribution is -2.25. The molecule has 0 saturated carbocycles. The van der Waals surface area contributed by atoms with E-state index < -0.39 is 0 Å². The number of H-pyrrole nitrogens is 2. The minimum atomic E-state index is -0.0255. The van der Waals surface area contributed by atoms with Crippen LogP contribution in [0.5, 0.6) is 0 Å². The highest BCUT2D eigenvalue weighted by Gasteiger charge is 2.13. The maximum absolute atomic E-state index is 12.5. The van der Waals surface area contributed by atoms with Crippen molar-refractivity contribution in [2.45, 2.75) is 40.5 Å². The molecule has 3 N–H and O–H groups in total. The average molecular weight is 324 g/mol. The smallest absolute Gasteiger partial charge is 0.253 e. The number of aromatic amines is 2. The van der Waals surface area contributed by atoms with E-state index in [9.17, 15) is 4.79 Å². The lowest BCUT2D eigenvalue weighted by Gasteiger charge is -2.07. The molecule has 126 valence electrons. The lowest BCUT2D eigenvalue weighted by molar-refractivity contribution is 0.0954. The van der Waals surface area contributed by atoms with Gasteiger partial charge in [-0.2, -0.15) is 5.10 Å². The second-order valence-corrected chi connectivity index (χ2v) is 6.38. The minimum Gasteiger partial charge on any atom is -0.358 e. The number of aromatic nitrogens is 3. The number of carbonyl (C=O) groups is 1. The Bertz CT molecular complexity index is 869. The fourth-order valence-corrected chi connectivity index (χ4v) is 3.18. The molecule has 0 unspecified atom stereocenters. The van der Waals surface area contributed by atoms with Gasteiger partial charge in [-0.25, -0.2) is 0 Å². The molecular weight excluding hydrogens is 300 g/mol. The average Bonchev–Trinajstić information content (AvgIpc) is 3.04. The van der Waals surface area contributed by atoms with Crippen molar-refractivity contribution in [1.29, 1.82) is 0 Å². The Morgan fingerprint density at radius 3 is 2.67 bits per heavy atom. The summed E-state index contributed by atoms with van der Waals surface area (Å²) >= 11 is 0. The quantitative estimate of drug-likeness (QED) is 0.629. The van der Waals surface area contributed by atoms with Gasteiger partial charge < -0.3 is 10.3 Å². The number of aryl methyl sites for hydroxylation is 4. The first-order chi connectivity index (χ1) is 11.5. The first-order valence-corrected chi connectivity index (χ1v) is 8.35. The van der Waals surface area contributed by atoms with E-state index in [0.717, 1.165) is 40.8 Å². The SMILES string of the molecule is Cc1n[nH]c(C)c1CCCNC(=O)c1cccc2c(C)c(C)[nH]c12. The van der Waals surface area contributed by atoms with E-state index >= 15 is 0 Å². The van der Waals surface area contributed by atoms with Crippen LogP contribution in [0.4, 0.5) is 0 Å². The Balaban J connectivity index is 1.65. The van der Waals surface area contributed by atoms with Crippen molar-refractivity contribution in [3.05, 3.63) is 52.0 Å². The van der Waals surface area contributed by atoms with Crippen molar-refractivity contribution in [1.82, 2.24) is 20.5 Å². The number of amides is 1. The van der Waals surface area contributed by atoms with Crippen molar-refractivity contribution >= 4 is 16.8 Å². The Morgan fingerprint density at radius 2 is 1.96 bits per heavy atom. The van der Waals surface area contributed by atoms with Crippen LogP contribution in [-0.4, -0.2) is 27.6 Å². The van der Waals surface area contributed by atoms with E-state index in [1.807, 2.05) is 32.9 Å². The highest BCUT2D eigenvalue weighted by molar-refractivity contribution is 6.06. The van der Waals surface area contributed by atoms with E-state index in [1.54, 1.807) is 0 Å². The van der Waals surface area contributed by atoms with Gasteiger partial charge in [-0.05, 0) is 57.7 Å². The molecule has 0 fully saturated rings. The van der Waals surface area contributed by atoms with Gasteiger partial charge in [0.15, 0.2) is 0 Å². The molecule has 0 bridgehead atoms. The second-order valence-electron chi connectivity index (χ2n) is 6.38. The molecule has 5 nitrogen and oxygen atoms in total. The molecule has 0 aliphatic rings. The van der Waals surface area contributed by atoms with Crippen molar-refractivity contribution in [2.24, 2.45) is 0 Å². The number of para-hydroxylation sites is 1.